The minimum atomic E-state index is -4.50. The van der Waals surface area contributed by atoms with E-state index in [-0.39, 0.29) is 22.6 Å². The molecule has 11 heteroatoms. The van der Waals surface area contributed by atoms with Crippen molar-refractivity contribution in [1.82, 2.24) is 15.5 Å². The Balaban J connectivity index is 1.85. The molecule has 2 aromatic heterocycles. The Bertz CT molecular complexity index is 1080. The van der Waals surface area contributed by atoms with Crippen LogP contribution in [0.3, 0.4) is 0 Å². The molecule has 0 radical (unpaired) electrons. The number of hydrogen-bond donors (Lipinski definition) is 3. The number of rotatable bonds is 5. The molecule has 0 aliphatic rings. The number of pyridine rings is 1. The van der Waals surface area contributed by atoms with Crippen LogP contribution in [0.15, 0.2) is 47.1 Å². The van der Waals surface area contributed by atoms with E-state index in [1.54, 1.807) is 0 Å². The van der Waals surface area contributed by atoms with Crippen molar-refractivity contribution >= 4 is 11.9 Å². The summed E-state index contributed by atoms with van der Waals surface area (Å²) in [5, 5.41) is 24.3. The lowest BCUT2D eigenvalue weighted by atomic mass is 10.1. The Hall–Kier alpha value is -3.89. The number of carboxylic acids is 1. The minimum Gasteiger partial charge on any atom is -0.505 e. The second-order valence-corrected chi connectivity index (χ2v) is 5.82. The zero-order valence-electron chi connectivity index (χ0n) is 14.4. The zero-order valence-corrected chi connectivity index (χ0v) is 14.4. The molecule has 1 amide bonds. The molecule has 0 atom stereocenters. The van der Waals surface area contributed by atoms with E-state index < -0.39 is 41.6 Å². The number of carbonyl (C=O) groups excluding carboxylic acids is 1. The molecule has 3 aromatic rings. The number of aliphatic carboxylic acids is 1. The van der Waals surface area contributed by atoms with Crippen LogP contribution in [0.25, 0.3) is 22.6 Å². The van der Waals surface area contributed by atoms with Gasteiger partial charge in [-0.2, -0.15) is 13.2 Å². The van der Waals surface area contributed by atoms with Crippen molar-refractivity contribution in [3.05, 3.63) is 53.9 Å². The molecule has 0 fully saturated rings. The van der Waals surface area contributed by atoms with Gasteiger partial charge in [0.05, 0.1) is 5.56 Å². The van der Waals surface area contributed by atoms with Crippen molar-refractivity contribution in [2.24, 2.45) is 0 Å². The van der Waals surface area contributed by atoms with E-state index >= 15 is 0 Å². The molecule has 150 valence electrons. The summed E-state index contributed by atoms with van der Waals surface area (Å²) in [6.45, 7) is -0.649. The van der Waals surface area contributed by atoms with Crippen molar-refractivity contribution < 1.29 is 37.5 Å². The first-order valence-electron chi connectivity index (χ1n) is 7.99. The molecule has 2 heterocycles. The topological polar surface area (TPSA) is 126 Å². The molecule has 0 saturated heterocycles. The predicted molar refractivity (Wildman–Crippen MR) is 91.8 cm³/mol. The number of alkyl halides is 3. The lowest BCUT2D eigenvalue weighted by Gasteiger charge is -2.06. The maximum Gasteiger partial charge on any atom is 0.416 e. The molecule has 1 aromatic carbocycles. The zero-order chi connectivity index (χ0) is 21.2. The number of benzene rings is 1. The Morgan fingerprint density at radius 1 is 1.14 bits per heavy atom. The summed E-state index contributed by atoms with van der Waals surface area (Å²) >= 11 is 0. The fourth-order valence-electron chi connectivity index (χ4n) is 2.40. The highest BCUT2D eigenvalue weighted by Crippen LogP contribution is 2.33. The van der Waals surface area contributed by atoms with Crippen molar-refractivity contribution in [2.45, 2.75) is 6.18 Å². The fraction of sp³-hybridized carbons (Fsp3) is 0.111. The van der Waals surface area contributed by atoms with Crippen LogP contribution in [0, 0.1) is 0 Å². The maximum absolute atomic E-state index is 12.9. The predicted octanol–water partition coefficient (Wildman–Crippen LogP) is 2.94. The van der Waals surface area contributed by atoms with E-state index in [0.29, 0.717) is 0 Å². The smallest absolute Gasteiger partial charge is 0.416 e. The van der Waals surface area contributed by atoms with E-state index in [2.05, 4.69) is 15.5 Å². The van der Waals surface area contributed by atoms with Crippen LogP contribution < -0.4 is 5.32 Å². The third-order valence-electron chi connectivity index (χ3n) is 3.76. The van der Waals surface area contributed by atoms with Crippen LogP contribution in [-0.2, 0) is 11.0 Å². The van der Waals surface area contributed by atoms with Gasteiger partial charge in [-0.3, -0.25) is 9.59 Å². The molecule has 3 rings (SSSR count). The highest BCUT2D eigenvalue weighted by atomic mass is 19.4. The molecular formula is C18H12F3N3O5. The van der Waals surface area contributed by atoms with Gasteiger partial charge in [-0.25, -0.2) is 4.98 Å². The number of amides is 1. The minimum absolute atomic E-state index is 0.0951. The first-order valence-corrected chi connectivity index (χ1v) is 7.99. The van der Waals surface area contributed by atoms with E-state index in [4.69, 9.17) is 9.63 Å². The summed E-state index contributed by atoms with van der Waals surface area (Å²) in [6.07, 6.45) is -3.33. The van der Waals surface area contributed by atoms with Crippen molar-refractivity contribution in [2.75, 3.05) is 6.54 Å². The largest absolute Gasteiger partial charge is 0.505 e. The molecular weight excluding hydrogens is 395 g/mol. The van der Waals surface area contributed by atoms with Gasteiger partial charge in [-0.15, -0.1) is 0 Å². The number of carbonyl (C=O) groups is 2. The van der Waals surface area contributed by atoms with E-state index in [9.17, 15) is 27.9 Å². The van der Waals surface area contributed by atoms with Crippen molar-refractivity contribution in [3.8, 4) is 28.3 Å². The van der Waals surface area contributed by atoms with Crippen LogP contribution in [0.1, 0.15) is 16.1 Å². The molecule has 0 bridgehead atoms. The SMILES string of the molecule is O=C(O)CNC(=O)c1ncc(-c2cc(-c3cccc(C(F)(F)F)c3)no2)cc1O. The van der Waals surface area contributed by atoms with Crippen molar-refractivity contribution in [1.29, 1.82) is 0 Å². The lowest BCUT2D eigenvalue weighted by molar-refractivity contribution is -0.137. The average Bonchev–Trinajstić information content (AvgIpc) is 3.15. The number of halogens is 3. The van der Waals surface area contributed by atoms with Gasteiger partial charge in [0.15, 0.2) is 11.5 Å². The van der Waals surface area contributed by atoms with Gasteiger partial charge < -0.3 is 20.1 Å². The number of aromatic nitrogens is 2. The van der Waals surface area contributed by atoms with Gasteiger partial charge in [0.1, 0.15) is 18.0 Å². The van der Waals surface area contributed by atoms with Crippen LogP contribution in [0.5, 0.6) is 5.75 Å². The van der Waals surface area contributed by atoms with Crippen LogP contribution in [0.4, 0.5) is 13.2 Å². The van der Waals surface area contributed by atoms with Gasteiger partial charge >= 0.3 is 12.1 Å². The fourth-order valence-corrected chi connectivity index (χ4v) is 2.40. The second-order valence-electron chi connectivity index (χ2n) is 5.82. The van der Waals surface area contributed by atoms with Gasteiger partial charge in [-0.05, 0) is 18.2 Å². The summed E-state index contributed by atoms with van der Waals surface area (Å²) < 4.78 is 43.7. The van der Waals surface area contributed by atoms with Crippen LogP contribution >= 0.6 is 0 Å². The quantitative estimate of drug-likeness (QED) is 0.594. The Morgan fingerprint density at radius 2 is 1.90 bits per heavy atom. The number of carboxylic acid groups (broad SMARTS) is 1. The van der Waals surface area contributed by atoms with Gasteiger partial charge in [-0.1, -0.05) is 17.3 Å². The second kappa shape index (κ2) is 7.62. The highest BCUT2D eigenvalue weighted by Gasteiger charge is 2.30. The summed E-state index contributed by atoms with van der Waals surface area (Å²) in [4.78, 5) is 26.0. The monoisotopic (exact) mass is 407 g/mol. The number of hydrogen-bond acceptors (Lipinski definition) is 6. The molecule has 0 saturated carbocycles. The Morgan fingerprint density at radius 3 is 2.55 bits per heavy atom. The Labute approximate surface area is 160 Å². The summed E-state index contributed by atoms with van der Waals surface area (Å²) in [6, 6.07) is 7.02. The van der Waals surface area contributed by atoms with Gasteiger partial charge in [0, 0.05) is 23.4 Å². The molecule has 0 aliphatic carbocycles. The highest BCUT2D eigenvalue weighted by molar-refractivity contribution is 5.96. The molecule has 3 N–H and O–H groups in total. The first kappa shape index (κ1) is 19.9. The van der Waals surface area contributed by atoms with E-state index in [0.717, 1.165) is 18.2 Å². The van der Waals surface area contributed by atoms with Crippen LogP contribution in [-0.4, -0.2) is 38.8 Å². The summed E-state index contributed by atoms with van der Waals surface area (Å²) in [5.41, 5.74) is -0.711. The molecule has 0 unspecified atom stereocenters. The number of aromatic hydroxyl groups is 1. The molecule has 0 aliphatic heterocycles. The first-order chi connectivity index (χ1) is 13.6. The standard InChI is InChI=1S/C18H12F3N3O5/c19-18(20,21)11-3-1-2-9(4-11)12-6-14(29-24-12)10-5-13(25)16(22-7-10)17(28)23-8-15(26)27/h1-7,25H,8H2,(H,23,28)(H,26,27). The molecule has 29 heavy (non-hydrogen) atoms. The average molecular weight is 407 g/mol. The molecule has 0 spiro atoms. The normalized spacial score (nSPS) is 11.3. The molecule has 8 nitrogen and oxygen atoms in total. The lowest BCUT2D eigenvalue weighted by Crippen LogP contribution is -2.29. The third kappa shape index (κ3) is 4.51. The van der Waals surface area contributed by atoms with E-state index in [1.807, 2.05) is 0 Å². The van der Waals surface area contributed by atoms with Gasteiger partial charge in [0.2, 0.25) is 0 Å². The van der Waals surface area contributed by atoms with Crippen LogP contribution in [0.2, 0.25) is 0 Å². The van der Waals surface area contributed by atoms with Gasteiger partial charge in [0.25, 0.3) is 5.91 Å². The Kier molecular flexibility index (Phi) is 5.22. The summed E-state index contributed by atoms with van der Waals surface area (Å²) in [7, 11) is 0. The summed E-state index contributed by atoms with van der Waals surface area (Å²) in [5.74, 6) is -2.60. The maximum atomic E-state index is 12.9. The third-order valence-corrected chi connectivity index (χ3v) is 3.76. The number of nitrogens with zero attached hydrogens (tertiary/aromatic N) is 2. The number of nitrogens with one attached hydrogen (secondary N) is 1. The van der Waals surface area contributed by atoms with E-state index in [1.165, 1.54) is 24.4 Å². The van der Waals surface area contributed by atoms with Crippen molar-refractivity contribution in [3.63, 3.8) is 0 Å².